The molecule has 2 heterocycles. The molecule has 19 heavy (non-hydrogen) atoms. The van der Waals surface area contributed by atoms with Crippen LogP contribution in [0.3, 0.4) is 0 Å². The number of ether oxygens (including phenoxy) is 1. The van der Waals surface area contributed by atoms with E-state index in [1.54, 1.807) is 0 Å². The Morgan fingerprint density at radius 2 is 2.21 bits per heavy atom. The Hall–Kier alpha value is -1.55. The van der Waals surface area contributed by atoms with Gasteiger partial charge in [0.2, 0.25) is 5.91 Å². The van der Waals surface area contributed by atoms with E-state index in [1.807, 2.05) is 29.2 Å². The molecule has 0 aromatic heterocycles. The van der Waals surface area contributed by atoms with Crippen molar-refractivity contribution in [2.24, 2.45) is 5.73 Å². The number of para-hydroxylation sites is 1. The maximum absolute atomic E-state index is 12.7. The normalized spacial score (nSPS) is 29.8. The SMILES string of the molecule is CC1CC(N)CCN1C(=O)C1COc2ccccc21. The fourth-order valence-electron chi connectivity index (χ4n) is 3.10. The average molecular weight is 260 g/mol. The lowest BCUT2D eigenvalue weighted by Crippen LogP contribution is -2.50. The fourth-order valence-corrected chi connectivity index (χ4v) is 3.10. The van der Waals surface area contributed by atoms with Gasteiger partial charge in [-0.05, 0) is 25.8 Å². The number of amides is 1. The van der Waals surface area contributed by atoms with Gasteiger partial charge in [0, 0.05) is 24.2 Å². The van der Waals surface area contributed by atoms with Gasteiger partial charge in [0.1, 0.15) is 18.3 Å². The van der Waals surface area contributed by atoms with Crippen LogP contribution in [0.25, 0.3) is 0 Å². The van der Waals surface area contributed by atoms with Crippen LogP contribution in [-0.2, 0) is 4.79 Å². The van der Waals surface area contributed by atoms with E-state index in [-0.39, 0.29) is 23.9 Å². The first-order valence-corrected chi connectivity index (χ1v) is 6.94. The molecule has 4 nitrogen and oxygen atoms in total. The third-order valence-electron chi connectivity index (χ3n) is 4.20. The van der Waals surface area contributed by atoms with Crippen molar-refractivity contribution < 1.29 is 9.53 Å². The number of carbonyl (C=O) groups excluding carboxylic acids is 1. The number of nitrogens with two attached hydrogens (primary N) is 1. The number of benzene rings is 1. The highest BCUT2D eigenvalue weighted by Crippen LogP contribution is 2.35. The molecule has 4 heteroatoms. The van der Waals surface area contributed by atoms with Gasteiger partial charge in [-0.3, -0.25) is 4.79 Å². The number of hydrogen-bond donors (Lipinski definition) is 1. The molecule has 2 aliphatic heterocycles. The minimum Gasteiger partial charge on any atom is -0.492 e. The first kappa shape index (κ1) is 12.5. The molecule has 1 amide bonds. The lowest BCUT2D eigenvalue weighted by Gasteiger charge is -2.37. The first-order chi connectivity index (χ1) is 9.16. The van der Waals surface area contributed by atoms with E-state index < -0.39 is 0 Å². The summed E-state index contributed by atoms with van der Waals surface area (Å²) in [6, 6.07) is 8.27. The van der Waals surface area contributed by atoms with Gasteiger partial charge in [0.25, 0.3) is 0 Å². The molecule has 3 atom stereocenters. The molecule has 2 N–H and O–H groups in total. The van der Waals surface area contributed by atoms with Gasteiger partial charge >= 0.3 is 0 Å². The predicted molar refractivity (Wildman–Crippen MR) is 73.1 cm³/mol. The summed E-state index contributed by atoms with van der Waals surface area (Å²) >= 11 is 0. The Balaban J connectivity index is 1.78. The Labute approximate surface area is 113 Å². The number of carbonyl (C=O) groups is 1. The summed E-state index contributed by atoms with van der Waals surface area (Å²) in [5.74, 6) is 0.888. The minimum atomic E-state index is -0.145. The lowest BCUT2D eigenvalue weighted by molar-refractivity contribution is -0.136. The maximum Gasteiger partial charge on any atom is 0.233 e. The average Bonchev–Trinajstić information content (AvgIpc) is 2.82. The van der Waals surface area contributed by atoms with Gasteiger partial charge in [-0.25, -0.2) is 0 Å². The number of hydrogen-bond acceptors (Lipinski definition) is 3. The quantitative estimate of drug-likeness (QED) is 0.832. The predicted octanol–water partition coefficient (Wildman–Crippen LogP) is 1.50. The van der Waals surface area contributed by atoms with Crippen molar-refractivity contribution in [2.45, 2.75) is 37.8 Å². The van der Waals surface area contributed by atoms with Crippen LogP contribution >= 0.6 is 0 Å². The number of likely N-dealkylation sites (tertiary alicyclic amines) is 1. The smallest absolute Gasteiger partial charge is 0.233 e. The van der Waals surface area contributed by atoms with E-state index in [0.717, 1.165) is 30.7 Å². The van der Waals surface area contributed by atoms with Crippen LogP contribution in [0, 0.1) is 0 Å². The van der Waals surface area contributed by atoms with Crippen LogP contribution in [0.5, 0.6) is 5.75 Å². The zero-order valence-electron chi connectivity index (χ0n) is 11.2. The summed E-state index contributed by atoms with van der Waals surface area (Å²) in [6.45, 7) is 3.31. The van der Waals surface area contributed by atoms with Gasteiger partial charge in [0.15, 0.2) is 0 Å². The fraction of sp³-hybridized carbons (Fsp3) is 0.533. The van der Waals surface area contributed by atoms with Gasteiger partial charge in [-0.2, -0.15) is 0 Å². The molecule has 1 aromatic rings. The van der Waals surface area contributed by atoms with Crippen LogP contribution in [0.15, 0.2) is 24.3 Å². The summed E-state index contributed by atoms with van der Waals surface area (Å²) in [6.07, 6.45) is 1.78. The van der Waals surface area contributed by atoms with Crippen molar-refractivity contribution in [3.63, 3.8) is 0 Å². The van der Waals surface area contributed by atoms with Crippen LogP contribution in [0.2, 0.25) is 0 Å². The number of piperidine rings is 1. The Morgan fingerprint density at radius 3 is 3.00 bits per heavy atom. The molecule has 3 rings (SSSR count). The first-order valence-electron chi connectivity index (χ1n) is 6.94. The highest BCUT2D eigenvalue weighted by atomic mass is 16.5. The Kier molecular flexibility index (Phi) is 3.19. The molecule has 0 spiro atoms. The van der Waals surface area contributed by atoms with Crippen LogP contribution in [0.1, 0.15) is 31.2 Å². The summed E-state index contributed by atoms with van der Waals surface area (Å²) in [7, 11) is 0. The third-order valence-corrected chi connectivity index (χ3v) is 4.20. The van der Waals surface area contributed by atoms with Gasteiger partial charge < -0.3 is 15.4 Å². The summed E-state index contributed by atoms with van der Waals surface area (Å²) in [4.78, 5) is 14.7. The zero-order valence-corrected chi connectivity index (χ0v) is 11.2. The van der Waals surface area contributed by atoms with Crippen LogP contribution in [-0.4, -0.2) is 36.0 Å². The Bertz CT molecular complexity index is 489. The molecule has 2 aliphatic rings. The van der Waals surface area contributed by atoms with Crippen molar-refractivity contribution in [1.29, 1.82) is 0 Å². The number of nitrogens with zero attached hydrogens (tertiary/aromatic N) is 1. The molecular weight excluding hydrogens is 240 g/mol. The van der Waals surface area contributed by atoms with Gasteiger partial charge in [-0.15, -0.1) is 0 Å². The molecule has 1 fully saturated rings. The summed E-state index contributed by atoms with van der Waals surface area (Å²) < 4.78 is 5.61. The molecule has 0 saturated carbocycles. The van der Waals surface area contributed by atoms with E-state index >= 15 is 0 Å². The van der Waals surface area contributed by atoms with E-state index in [2.05, 4.69) is 6.92 Å². The summed E-state index contributed by atoms with van der Waals surface area (Å²) in [5.41, 5.74) is 6.98. The van der Waals surface area contributed by atoms with Crippen LogP contribution in [0.4, 0.5) is 0 Å². The molecule has 102 valence electrons. The third kappa shape index (κ3) is 2.21. The Morgan fingerprint density at radius 1 is 1.42 bits per heavy atom. The standard InChI is InChI=1S/C15H20N2O2/c1-10-8-11(16)6-7-17(10)15(18)13-9-19-14-5-3-2-4-12(13)14/h2-5,10-11,13H,6-9,16H2,1H3. The second kappa shape index (κ2) is 4.85. The highest BCUT2D eigenvalue weighted by Gasteiger charge is 2.36. The monoisotopic (exact) mass is 260 g/mol. The van der Waals surface area contributed by atoms with E-state index in [9.17, 15) is 4.79 Å². The molecule has 1 saturated heterocycles. The molecular formula is C15H20N2O2. The number of rotatable bonds is 1. The van der Waals surface area contributed by atoms with Crippen molar-refractivity contribution in [3.8, 4) is 5.75 Å². The van der Waals surface area contributed by atoms with Crippen molar-refractivity contribution in [3.05, 3.63) is 29.8 Å². The van der Waals surface area contributed by atoms with Gasteiger partial charge in [0.05, 0.1) is 0 Å². The minimum absolute atomic E-state index is 0.145. The topological polar surface area (TPSA) is 55.6 Å². The second-order valence-electron chi connectivity index (χ2n) is 5.57. The van der Waals surface area contributed by atoms with E-state index in [4.69, 9.17) is 10.5 Å². The van der Waals surface area contributed by atoms with E-state index in [0.29, 0.717) is 6.61 Å². The molecule has 0 bridgehead atoms. The second-order valence-corrected chi connectivity index (χ2v) is 5.57. The van der Waals surface area contributed by atoms with Crippen LogP contribution < -0.4 is 10.5 Å². The lowest BCUT2D eigenvalue weighted by atomic mass is 9.94. The highest BCUT2D eigenvalue weighted by molar-refractivity contribution is 5.86. The molecule has 0 radical (unpaired) electrons. The maximum atomic E-state index is 12.7. The number of fused-ring (bicyclic) bond motifs is 1. The van der Waals surface area contributed by atoms with E-state index in [1.165, 1.54) is 0 Å². The zero-order chi connectivity index (χ0) is 13.4. The summed E-state index contributed by atoms with van der Waals surface area (Å²) in [5, 5.41) is 0. The van der Waals surface area contributed by atoms with Crippen molar-refractivity contribution in [1.82, 2.24) is 4.90 Å². The van der Waals surface area contributed by atoms with Crippen molar-refractivity contribution >= 4 is 5.91 Å². The molecule has 3 unspecified atom stereocenters. The molecule has 0 aliphatic carbocycles. The largest absolute Gasteiger partial charge is 0.492 e. The van der Waals surface area contributed by atoms with Crippen molar-refractivity contribution in [2.75, 3.05) is 13.2 Å². The molecule has 1 aromatic carbocycles. The van der Waals surface area contributed by atoms with Gasteiger partial charge in [-0.1, -0.05) is 18.2 Å².